The van der Waals surface area contributed by atoms with Crippen molar-refractivity contribution in [2.45, 2.75) is 38.4 Å². The molecule has 1 aromatic heterocycles. The number of aliphatic carboxylic acids is 1. The molecule has 0 spiro atoms. The SMILES string of the molecule is CCc1nccn1CCC(=O)N1CCN(CC(=O)O)[C@@H]2CS(=O)(=O)C[C@@H]21. The van der Waals surface area contributed by atoms with E-state index < -0.39 is 27.9 Å². The Morgan fingerprint density at radius 1 is 1.27 bits per heavy atom. The van der Waals surface area contributed by atoms with Crippen molar-refractivity contribution in [1.82, 2.24) is 19.4 Å². The second-order valence-corrected chi connectivity index (χ2v) is 8.96. The Labute approximate surface area is 152 Å². The maximum absolute atomic E-state index is 12.7. The average molecular weight is 384 g/mol. The third-order valence-corrected chi connectivity index (χ3v) is 6.83. The molecule has 0 unspecified atom stereocenters. The van der Waals surface area contributed by atoms with Crippen LogP contribution in [0.5, 0.6) is 0 Å². The molecule has 0 radical (unpaired) electrons. The van der Waals surface area contributed by atoms with Crippen molar-refractivity contribution in [3.05, 3.63) is 18.2 Å². The quantitative estimate of drug-likeness (QED) is 0.685. The molecule has 10 heteroatoms. The minimum absolute atomic E-state index is 0.0871. The molecule has 0 bridgehead atoms. The molecule has 0 saturated carbocycles. The molecule has 1 aromatic rings. The fraction of sp³-hybridized carbons (Fsp3) is 0.688. The number of hydrogen-bond donors (Lipinski definition) is 1. The first-order chi connectivity index (χ1) is 12.3. The number of carboxylic acid groups (broad SMARTS) is 1. The normalized spacial score (nSPS) is 25.2. The van der Waals surface area contributed by atoms with Crippen molar-refractivity contribution < 1.29 is 23.1 Å². The van der Waals surface area contributed by atoms with E-state index >= 15 is 0 Å². The van der Waals surface area contributed by atoms with Crippen molar-refractivity contribution in [2.75, 3.05) is 31.1 Å². The number of rotatable bonds is 6. The van der Waals surface area contributed by atoms with Crippen molar-refractivity contribution in [1.29, 1.82) is 0 Å². The van der Waals surface area contributed by atoms with Gasteiger partial charge in [0.15, 0.2) is 9.84 Å². The molecule has 1 amide bonds. The number of sulfone groups is 1. The van der Waals surface area contributed by atoms with Crippen LogP contribution in [0.3, 0.4) is 0 Å². The first-order valence-electron chi connectivity index (χ1n) is 8.76. The topological polar surface area (TPSA) is 113 Å². The van der Waals surface area contributed by atoms with Crippen LogP contribution in [0.4, 0.5) is 0 Å². The number of carbonyl (C=O) groups excluding carboxylic acids is 1. The lowest BCUT2D eigenvalue weighted by atomic mass is 10.0. The van der Waals surface area contributed by atoms with Crippen molar-refractivity contribution in [3.63, 3.8) is 0 Å². The number of aryl methyl sites for hydroxylation is 2. The van der Waals surface area contributed by atoms with Crippen LogP contribution in [0.15, 0.2) is 12.4 Å². The maximum Gasteiger partial charge on any atom is 0.317 e. The summed E-state index contributed by atoms with van der Waals surface area (Å²) < 4.78 is 26.1. The second kappa shape index (κ2) is 7.36. The van der Waals surface area contributed by atoms with Crippen LogP contribution in [0.2, 0.25) is 0 Å². The van der Waals surface area contributed by atoms with Gasteiger partial charge in [0.05, 0.1) is 24.1 Å². The summed E-state index contributed by atoms with van der Waals surface area (Å²) in [6, 6.07) is -0.901. The highest BCUT2D eigenvalue weighted by Crippen LogP contribution is 2.27. The Kier molecular flexibility index (Phi) is 5.33. The van der Waals surface area contributed by atoms with Crippen LogP contribution in [0.25, 0.3) is 0 Å². The molecule has 2 saturated heterocycles. The summed E-state index contributed by atoms with van der Waals surface area (Å²) in [4.78, 5) is 31.3. The van der Waals surface area contributed by atoms with Gasteiger partial charge >= 0.3 is 5.97 Å². The molecule has 2 atom stereocenters. The van der Waals surface area contributed by atoms with Gasteiger partial charge < -0.3 is 14.6 Å². The zero-order valence-corrected chi connectivity index (χ0v) is 15.6. The van der Waals surface area contributed by atoms with Gasteiger partial charge in [-0.3, -0.25) is 14.5 Å². The van der Waals surface area contributed by atoms with E-state index in [0.717, 1.165) is 12.2 Å². The molecule has 3 rings (SSSR count). The molecule has 9 nitrogen and oxygen atoms in total. The fourth-order valence-corrected chi connectivity index (χ4v) is 5.93. The van der Waals surface area contributed by atoms with Crippen LogP contribution < -0.4 is 0 Å². The van der Waals surface area contributed by atoms with Crippen LogP contribution >= 0.6 is 0 Å². The standard InChI is InChI=1S/C16H24N4O5S/c1-2-14-17-4-6-18(14)5-3-15(21)20-8-7-19(9-16(22)23)12-10-26(24,25)11-13(12)20/h4,6,12-13H,2-3,5,7-11H2,1H3,(H,22,23)/t12-,13+/m1/s1. The Hall–Kier alpha value is -1.94. The Balaban J connectivity index is 1.69. The van der Waals surface area contributed by atoms with Crippen molar-refractivity contribution >= 4 is 21.7 Å². The van der Waals surface area contributed by atoms with Gasteiger partial charge in [-0.05, 0) is 0 Å². The molecule has 0 aromatic carbocycles. The molecule has 2 aliphatic rings. The van der Waals surface area contributed by atoms with E-state index in [0.29, 0.717) is 19.6 Å². The minimum atomic E-state index is -3.28. The first-order valence-corrected chi connectivity index (χ1v) is 10.6. The van der Waals surface area contributed by atoms with Gasteiger partial charge in [-0.15, -0.1) is 0 Å². The smallest absolute Gasteiger partial charge is 0.317 e. The first kappa shape index (κ1) is 18.8. The number of nitrogens with zero attached hydrogens (tertiary/aromatic N) is 4. The number of piperazine rings is 1. The molecule has 3 heterocycles. The van der Waals surface area contributed by atoms with Crippen molar-refractivity contribution in [2.24, 2.45) is 0 Å². The zero-order chi connectivity index (χ0) is 18.9. The highest BCUT2D eigenvalue weighted by molar-refractivity contribution is 7.91. The number of amides is 1. The highest BCUT2D eigenvalue weighted by atomic mass is 32.2. The summed E-state index contributed by atoms with van der Waals surface area (Å²) >= 11 is 0. The van der Waals surface area contributed by atoms with E-state index in [1.54, 1.807) is 16.0 Å². The third kappa shape index (κ3) is 3.90. The Bertz CT molecular complexity index is 790. The van der Waals surface area contributed by atoms with Gasteiger partial charge in [0.25, 0.3) is 0 Å². The van der Waals surface area contributed by atoms with E-state index in [4.69, 9.17) is 5.11 Å². The van der Waals surface area contributed by atoms with Gasteiger partial charge in [0.1, 0.15) is 5.82 Å². The summed E-state index contributed by atoms with van der Waals surface area (Å²) in [6.07, 6.45) is 4.58. The van der Waals surface area contributed by atoms with Crippen LogP contribution in [-0.2, 0) is 32.4 Å². The summed E-state index contributed by atoms with van der Waals surface area (Å²) in [5.41, 5.74) is 0. The van der Waals surface area contributed by atoms with Gasteiger partial charge in [-0.25, -0.2) is 13.4 Å². The zero-order valence-electron chi connectivity index (χ0n) is 14.7. The van der Waals surface area contributed by atoms with Gasteiger partial charge in [-0.2, -0.15) is 0 Å². The number of hydrogen-bond acceptors (Lipinski definition) is 6. The molecule has 1 N–H and O–H groups in total. The Morgan fingerprint density at radius 2 is 2.00 bits per heavy atom. The highest BCUT2D eigenvalue weighted by Gasteiger charge is 2.48. The number of carboxylic acids is 1. The fourth-order valence-electron chi connectivity index (χ4n) is 3.92. The van der Waals surface area contributed by atoms with Gasteiger partial charge in [-0.1, -0.05) is 6.92 Å². The van der Waals surface area contributed by atoms with Crippen molar-refractivity contribution in [3.8, 4) is 0 Å². The van der Waals surface area contributed by atoms with E-state index in [1.165, 1.54) is 0 Å². The molecule has 2 aliphatic heterocycles. The number of fused-ring (bicyclic) bond motifs is 1. The summed E-state index contributed by atoms with van der Waals surface area (Å²) in [7, 11) is -3.28. The summed E-state index contributed by atoms with van der Waals surface area (Å²) in [5, 5.41) is 9.05. The second-order valence-electron chi connectivity index (χ2n) is 6.80. The number of carbonyl (C=O) groups is 2. The van der Waals surface area contributed by atoms with E-state index in [-0.39, 0.29) is 30.4 Å². The predicted molar refractivity (Wildman–Crippen MR) is 93.4 cm³/mol. The Morgan fingerprint density at radius 3 is 2.69 bits per heavy atom. The molecular formula is C16H24N4O5S. The monoisotopic (exact) mass is 384 g/mol. The lowest BCUT2D eigenvalue weighted by Crippen LogP contribution is -2.61. The molecule has 0 aliphatic carbocycles. The van der Waals surface area contributed by atoms with E-state index in [9.17, 15) is 18.0 Å². The largest absolute Gasteiger partial charge is 0.480 e. The van der Waals surface area contributed by atoms with Crippen LogP contribution in [-0.4, -0.2) is 88.0 Å². The third-order valence-electron chi connectivity index (χ3n) is 5.13. The van der Waals surface area contributed by atoms with Gasteiger partial charge in [0.2, 0.25) is 5.91 Å². The summed E-state index contributed by atoms with van der Waals surface area (Å²) in [6.45, 7) is 3.03. The molecule has 2 fully saturated rings. The molecule has 144 valence electrons. The molecular weight excluding hydrogens is 360 g/mol. The van der Waals surface area contributed by atoms with E-state index in [2.05, 4.69) is 4.98 Å². The maximum atomic E-state index is 12.7. The van der Waals surface area contributed by atoms with Crippen LogP contribution in [0.1, 0.15) is 19.2 Å². The number of imidazole rings is 1. The summed E-state index contributed by atoms with van der Waals surface area (Å²) in [5.74, 6) is -0.352. The minimum Gasteiger partial charge on any atom is -0.480 e. The van der Waals surface area contributed by atoms with Gasteiger partial charge in [0, 0.05) is 50.9 Å². The van der Waals surface area contributed by atoms with E-state index in [1.807, 2.05) is 17.7 Å². The average Bonchev–Trinajstić information content (AvgIpc) is 3.15. The lowest BCUT2D eigenvalue weighted by Gasteiger charge is -2.43. The van der Waals surface area contributed by atoms with Crippen LogP contribution in [0, 0.1) is 0 Å². The molecule has 26 heavy (non-hydrogen) atoms. The lowest BCUT2D eigenvalue weighted by molar-refractivity contribution is -0.142. The predicted octanol–water partition coefficient (Wildman–Crippen LogP) is -0.770. The number of aromatic nitrogens is 2.